The Bertz CT molecular complexity index is 1200. The Morgan fingerprint density at radius 3 is 2.30 bits per heavy atom. The van der Waals surface area contributed by atoms with E-state index in [1.54, 1.807) is 20.4 Å². The first kappa shape index (κ1) is 22.0. The van der Waals surface area contributed by atoms with Crippen molar-refractivity contribution < 1.29 is 14.2 Å². The molecule has 0 atom stereocenters. The summed E-state index contributed by atoms with van der Waals surface area (Å²) in [5, 5.41) is 3.15. The number of methoxy groups -OCH3 is 2. The number of nitrogens with two attached hydrogens (primary N) is 1. The fraction of sp³-hybridized carbons (Fsp3) is 0.154. The number of para-hydroxylation sites is 1. The minimum absolute atomic E-state index is 0.427. The number of hydrogen-bond acceptors (Lipinski definition) is 7. The number of nitrogens with zero attached hydrogens (tertiary/aromatic N) is 2. The van der Waals surface area contributed by atoms with Gasteiger partial charge in [-0.1, -0.05) is 36.4 Å². The SMILES string of the molecule is COc1ccc(COc2ccc(Cc3cnc(Nc4ccccc4)nc3N)cc2OC)cc1. The Balaban J connectivity index is 1.42. The fourth-order valence-electron chi connectivity index (χ4n) is 3.31. The summed E-state index contributed by atoms with van der Waals surface area (Å²) < 4.78 is 16.7. The van der Waals surface area contributed by atoms with Crippen molar-refractivity contribution in [1.82, 2.24) is 9.97 Å². The molecule has 4 aromatic rings. The number of aromatic nitrogens is 2. The molecule has 4 rings (SSSR count). The molecule has 0 spiro atoms. The molecule has 3 N–H and O–H groups in total. The third kappa shape index (κ3) is 5.71. The maximum Gasteiger partial charge on any atom is 0.229 e. The molecule has 7 heteroatoms. The van der Waals surface area contributed by atoms with Crippen molar-refractivity contribution in [3.63, 3.8) is 0 Å². The molecule has 0 aliphatic carbocycles. The fourth-order valence-corrected chi connectivity index (χ4v) is 3.31. The monoisotopic (exact) mass is 442 g/mol. The van der Waals surface area contributed by atoms with Gasteiger partial charge in [0.25, 0.3) is 0 Å². The van der Waals surface area contributed by atoms with Crippen LogP contribution in [0.2, 0.25) is 0 Å². The Hall–Kier alpha value is -4.26. The summed E-state index contributed by atoms with van der Waals surface area (Å²) >= 11 is 0. The Kier molecular flexibility index (Phi) is 6.90. The normalized spacial score (nSPS) is 10.5. The number of benzene rings is 3. The van der Waals surface area contributed by atoms with Gasteiger partial charge in [-0.3, -0.25) is 0 Å². The lowest BCUT2D eigenvalue weighted by Gasteiger charge is -2.13. The van der Waals surface area contributed by atoms with Gasteiger partial charge in [0, 0.05) is 23.9 Å². The van der Waals surface area contributed by atoms with Crippen LogP contribution in [0.4, 0.5) is 17.5 Å². The summed E-state index contributed by atoms with van der Waals surface area (Å²) in [4.78, 5) is 8.79. The first-order valence-corrected chi connectivity index (χ1v) is 10.5. The molecule has 0 aliphatic heterocycles. The number of hydrogen-bond donors (Lipinski definition) is 2. The van der Waals surface area contributed by atoms with Crippen molar-refractivity contribution in [2.45, 2.75) is 13.0 Å². The van der Waals surface area contributed by atoms with Crippen molar-refractivity contribution in [1.29, 1.82) is 0 Å². The van der Waals surface area contributed by atoms with Crippen molar-refractivity contribution in [3.05, 3.63) is 95.7 Å². The summed E-state index contributed by atoms with van der Waals surface area (Å²) in [5.74, 6) is 3.03. The third-order valence-corrected chi connectivity index (χ3v) is 5.10. The average Bonchev–Trinajstić information content (AvgIpc) is 2.85. The lowest BCUT2D eigenvalue weighted by molar-refractivity contribution is 0.284. The molecule has 0 bridgehead atoms. The van der Waals surface area contributed by atoms with E-state index in [4.69, 9.17) is 19.9 Å². The molecular weight excluding hydrogens is 416 g/mol. The lowest BCUT2D eigenvalue weighted by Crippen LogP contribution is -2.05. The highest BCUT2D eigenvalue weighted by Crippen LogP contribution is 2.30. The van der Waals surface area contributed by atoms with Gasteiger partial charge in [0.1, 0.15) is 18.2 Å². The summed E-state index contributed by atoms with van der Waals surface area (Å²) in [6.07, 6.45) is 2.32. The summed E-state index contributed by atoms with van der Waals surface area (Å²) in [5.41, 5.74) is 9.99. The minimum Gasteiger partial charge on any atom is -0.497 e. The smallest absolute Gasteiger partial charge is 0.229 e. The van der Waals surface area contributed by atoms with Gasteiger partial charge in [-0.2, -0.15) is 4.98 Å². The van der Waals surface area contributed by atoms with Gasteiger partial charge < -0.3 is 25.3 Å². The summed E-state index contributed by atoms with van der Waals surface area (Å²) in [7, 11) is 3.27. The summed E-state index contributed by atoms with van der Waals surface area (Å²) in [6, 6.07) is 23.3. The molecule has 1 aromatic heterocycles. The van der Waals surface area contributed by atoms with Gasteiger partial charge in [0.2, 0.25) is 5.95 Å². The van der Waals surface area contributed by atoms with Crippen LogP contribution in [0.3, 0.4) is 0 Å². The van der Waals surface area contributed by atoms with Crippen LogP contribution in [0.15, 0.2) is 79.0 Å². The molecule has 0 aliphatic rings. The van der Waals surface area contributed by atoms with Gasteiger partial charge in [-0.05, 0) is 47.5 Å². The number of rotatable bonds is 9. The lowest BCUT2D eigenvalue weighted by atomic mass is 10.1. The number of nitrogen functional groups attached to an aromatic ring is 1. The third-order valence-electron chi connectivity index (χ3n) is 5.10. The zero-order valence-corrected chi connectivity index (χ0v) is 18.6. The molecule has 0 radical (unpaired) electrons. The standard InChI is InChI=1S/C26H26N4O3/c1-31-22-11-8-18(9-12-22)17-33-23-13-10-19(15-24(23)32-2)14-20-16-28-26(30-25(20)27)29-21-6-4-3-5-7-21/h3-13,15-16H,14,17H2,1-2H3,(H3,27,28,29,30). The van der Waals surface area contributed by atoms with Gasteiger partial charge in [0.05, 0.1) is 14.2 Å². The molecule has 7 nitrogen and oxygen atoms in total. The number of nitrogens with one attached hydrogen (secondary N) is 1. The van der Waals surface area contributed by atoms with E-state index in [9.17, 15) is 0 Å². The van der Waals surface area contributed by atoms with E-state index < -0.39 is 0 Å². The minimum atomic E-state index is 0.427. The first-order chi connectivity index (χ1) is 16.1. The van der Waals surface area contributed by atoms with E-state index in [0.717, 1.165) is 28.1 Å². The highest BCUT2D eigenvalue weighted by molar-refractivity contribution is 5.55. The first-order valence-electron chi connectivity index (χ1n) is 10.5. The molecule has 0 saturated carbocycles. The number of anilines is 3. The van der Waals surface area contributed by atoms with Crippen molar-refractivity contribution in [2.75, 3.05) is 25.3 Å². The zero-order valence-electron chi connectivity index (χ0n) is 18.6. The molecule has 3 aromatic carbocycles. The van der Waals surface area contributed by atoms with Crippen LogP contribution >= 0.6 is 0 Å². The van der Waals surface area contributed by atoms with Crippen molar-refractivity contribution in [3.8, 4) is 17.2 Å². The zero-order chi connectivity index (χ0) is 23.0. The van der Waals surface area contributed by atoms with E-state index in [0.29, 0.717) is 36.3 Å². The molecule has 0 fully saturated rings. The maximum absolute atomic E-state index is 6.20. The number of ether oxygens (including phenoxy) is 3. The second-order valence-electron chi connectivity index (χ2n) is 7.39. The van der Waals surface area contributed by atoms with Crippen molar-refractivity contribution >= 4 is 17.5 Å². The van der Waals surface area contributed by atoms with Gasteiger partial charge >= 0.3 is 0 Å². The van der Waals surface area contributed by atoms with Crippen LogP contribution < -0.4 is 25.3 Å². The van der Waals surface area contributed by atoms with Gasteiger partial charge in [-0.25, -0.2) is 4.98 Å². The van der Waals surface area contributed by atoms with Crippen LogP contribution in [-0.4, -0.2) is 24.2 Å². The second-order valence-corrected chi connectivity index (χ2v) is 7.39. The molecule has 168 valence electrons. The quantitative estimate of drug-likeness (QED) is 0.377. The molecule has 0 amide bonds. The molecule has 0 saturated heterocycles. The van der Waals surface area contributed by atoms with Crippen LogP contribution in [0.1, 0.15) is 16.7 Å². The topological polar surface area (TPSA) is 91.5 Å². The molecule has 0 unspecified atom stereocenters. The maximum atomic E-state index is 6.20. The highest BCUT2D eigenvalue weighted by Gasteiger charge is 2.10. The average molecular weight is 443 g/mol. The largest absolute Gasteiger partial charge is 0.497 e. The van der Waals surface area contributed by atoms with Crippen LogP contribution in [0, 0.1) is 0 Å². The molecule has 1 heterocycles. The van der Waals surface area contributed by atoms with E-state index in [-0.39, 0.29) is 0 Å². The van der Waals surface area contributed by atoms with E-state index in [1.807, 2.05) is 72.8 Å². The summed E-state index contributed by atoms with van der Waals surface area (Å²) in [6.45, 7) is 0.427. The highest BCUT2D eigenvalue weighted by atomic mass is 16.5. The van der Waals surface area contributed by atoms with Crippen LogP contribution in [0.25, 0.3) is 0 Å². The van der Waals surface area contributed by atoms with E-state index in [2.05, 4.69) is 15.3 Å². The Morgan fingerprint density at radius 1 is 0.848 bits per heavy atom. The predicted octanol–water partition coefficient (Wildman–Crippen LogP) is 4.99. The predicted molar refractivity (Wildman–Crippen MR) is 129 cm³/mol. The van der Waals surface area contributed by atoms with E-state index in [1.165, 1.54) is 0 Å². The van der Waals surface area contributed by atoms with Gasteiger partial charge in [-0.15, -0.1) is 0 Å². The Labute approximate surface area is 193 Å². The second kappa shape index (κ2) is 10.4. The van der Waals surface area contributed by atoms with Crippen LogP contribution in [-0.2, 0) is 13.0 Å². The van der Waals surface area contributed by atoms with Crippen molar-refractivity contribution in [2.24, 2.45) is 0 Å². The van der Waals surface area contributed by atoms with Gasteiger partial charge in [0.15, 0.2) is 11.5 Å². The van der Waals surface area contributed by atoms with Crippen LogP contribution in [0.5, 0.6) is 17.2 Å². The molecule has 33 heavy (non-hydrogen) atoms. The van der Waals surface area contributed by atoms with E-state index >= 15 is 0 Å². The Morgan fingerprint density at radius 2 is 1.61 bits per heavy atom. The molecular formula is C26H26N4O3.